The van der Waals surface area contributed by atoms with Crippen LogP contribution in [0.1, 0.15) is 46.5 Å². The van der Waals surface area contributed by atoms with E-state index in [0.29, 0.717) is 35.4 Å². The summed E-state index contributed by atoms with van der Waals surface area (Å²) in [5.41, 5.74) is 3.25. The van der Waals surface area contributed by atoms with Crippen molar-refractivity contribution in [1.29, 1.82) is 0 Å². The molecule has 0 bridgehead atoms. The molecule has 6 rings (SSSR count). The van der Waals surface area contributed by atoms with E-state index in [0.717, 1.165) is 29.6 Å². The molecule has 3 aromatic heterocycles. The Kier molecular flexibility index (Phi) is 7.92. The fraction of sp³-hybridized carbons (Fsp3) is 0.182. The standard InChI is InChI=1S/C33H30N6O4/c40-25-14-12-23(13-15-25)38-32(42)29-19-27-28(16-17-34-30(27)20-35-29)36-21-8-10-22(11-9-21)37-31(41)26-7-4-18-39(33(26)43)24-5-2-1-3-6-24/h1-11,16-20,23,25,40H,12-15H2,(H,34,36)(H,37,41)(H,38,42)/t23-,25-. The summed E-state index contributed by atoms with van der Waals surface area (Å²) in [6, 6.07) is 22.9. The molecule has 5 aromatic rings. The first kappa shape index (κ1) is 27.8. The Hall–Kier alpha value is -5.35. The Morgan fingerprint density at radius 2 is 1.58 bits per heavy atom. The molecule has 0 unspecified atom stereocenters. The molecule has 4 N–H and O–H groups in total. The molecule has 216 valence electrons. The minimum atomic E-state index is -0.501. The molecule has 0 radical (unpaired) electrons. The van der Waals surface area contributed by atoms with E-state index >= 15 is 0 Å². The van der Waals surface area contributed by atoms with Gasteiger partial charge in [-0.2, -0.15) is 0 Å². The maximum Gasteiger partial charge on any atom is 0.270 e. The molecule has 3 heterocycles. The molecule has 1 saturated carbocycles. The van der Waals surface area contributed by atoms with Crippen LogP contribution >= 0.6 is 0 Å². The van der Waals surface area contributed by atoms with Crippen LogP contribution in [0.5, 0.6) is 0 Å². The predicted molar refractivity (Wildman–Crippen MR) is 165 cm³/mol. The van der Waals surface area contributed by atoms with Gasteiger partial charge in [-0.05, 0) is 86.3 Å². The van der Waals surface area contributed by atoms with Crippen molar-refractivity contribution in [2.45, 2.75) is 37.8 Å². The zero-order valence-corrected chi connectivity index (χ0v) is 23.2. The van der Waals surface area contributed by atoms with Crippen LogP contribution in [-0.2, 0) is 0 Å². The van der Waals surface area contributed by atoms with Crippen molar-refractivity contribution >= 4 is 39.8 Å². The normalized spacial score (nSPS) is 16.4. The van der Waals surface area contributed by atoms with Gasteiger partial charge >= 0.3 is 0 Å². The SMILES string of the molecule is O=C(N[C@H]1CC[C@H](O)CC1)c1cc2c(Nc3ccc(NC(=O)c4cccn(-c5ccccc5)c4=O)cc3)ccnc2cn1. The number of nitrogens with zero attached hydrogens (tertiary/aromatic N) is 3. The summed E-state index contributed by atoms with van der Waals surface area (Å²) >= 11 is 0. The van der Waals surface area contributed by atoms with E-state index in [1.165, 1.54) is 10.6 Å². The van der Waals surface area contributed by atoms with Crippen LogP contribution in [0.4, 0.5) is 17.1 Å². The third kappa shape index (κ3) is 6.29. The van der Waals surface area contributed by atoms with E-state index in [1.54, 1.807) is 67.1 Å². The molecule has 0 spiro atoms. The molecule has 10 nitrogen and oxygen atoms in total. The lowest BCUT2D eigenvalue weighted by atomic mass is 9.93. The summed E-state index contributed by atoms with van der Waals surface area (Å²) in [5.74, 6) is -0.758. The zero-order chi connectivity index (χ0) is 29.8. The van der Waals surface area contributed by atoms with Crippen LogP contribution in [0.3, 0.4) is 0 Å². The highest BCUT2D eigenvalue weighted by molar-refractivity contribution is 6.04. The summed E-state index contributed by atoms with van der Waals surface area (Å²) in [6.07, 6.45) is 7.41. The Morgan fingerprint density at radius 1 is 0.837 bits per heavy atom. The smallest absolute Gasteiger partial charge is 0.270 e. The number of aromatic nitrogens is 3. The van der Waals surface area contributed by atoms with Gasteiger partial charge < -0.3 is 21.1 Å². The number of rotatable bonds is 7. The Labute approximate surface area is 247 Å². The molecule has 2 amide bonds. The van der Waals surface area contributed by atoms with Gasteiger partial charge in [-0.1, -0.05) is 18.2 Å². The van der Waals surface area contributed by atoms with Crippen LogP contribution in [-0.4, -0.2) is 43.6 Å². The van der Waals surface area contributed by atoms with E-state index in [9.17, 15) is 19.5 Å². The number of amides is 2. The zero-order valence-electron chi connectivity index (χ0n) is 23.2. The number of pyridine rings is 3. The van der Waals surface area contributed by atoms with Crippen LogP contribution < -0.4 is 21.5 Å². The Balaban J connectivity index is 1.15. The number of para-hydroxylation sites is 1. The number of aliphatic hydroxyl groups excluding tert-OH is 1. The van der Waals surface area contributed by atoms with Gasteiger partial charge in [-0.3, -0.25) is 23.9 Å². The van der Waals surface area contributed by atoms with Gasteiger partial charge in [0, 0.05) is 46.6 Å². The Morgan fingerprint density at radius 3 is 2.35 bits per heavy atom. The number of hydrogen-bond donors (Lipinski definition) is 4. The topological polar surface area (TPSA) is 138 Å². The predicted octanol–water partition coefficient (Wildman–Crippen LogP) is 4.81. The first-order valence-electron chi connectivity index (χ1n) is 14.1. The van der Waals surface area contributed by atoms with Crippen molar-refractivity contribution < 1.29 is 14.7 Å². The Bertz CT molecular complexity index is 1830. The lowest BCUT2D eigenvalue weighted by Gasteiger charge is -2.26. The van der Waals surface area contributed by atoms with E-state index in [-0.39, 0.29) is 23.6 Å². The largest absolute Gasteiger partial charge is 0.393 e. The first-order chi connectivity index (χ1) is 20.9. The number of carbonyl (C=O) groups is 2. The molecule has 43 heavy (non-hydrogen) atoms. The fourth-order valence-electron chi connectivity index (χ4n) is 5.21. The monoisotopic (exact) mass is 574 g/mol. The van der Waals surface area contributed by atoms with Crippen molar-refractivity contribution in [3.8, 4) is 5.69 Å². The number of nitrogens with one attached hydrogen (secondary N) is 3. The van der Waals surface area contributed by atoms with Crippen molar-refractivity contribution in [2.75, 3.05) is 10.6 Å². The number of anilines is 3. The molecular weight excluding hydrogens is 544 g/mol. The molecule has 0 aliphatic heterocycles. The molecule has 1 aliphatic carbocycles. The van der Waals surface area contributed by atoms with E-state index in [4.69, 9.17) is 0 Å². The third-order valence-electron chi connectivity index (χ3n) is 7.54. The van der Waals surface area contributed by atoms with Gasteiger partial charge in [-0.15, -0.1) is 0 Å². The van der Waals surface area contributed by atoms with Gasteiger partial charge in [-0.25, -0.2) is 4.98 Å². The summed E-state index contributed by atoms with van der Waals surface area (Å²) in [4.78, 5) is 47.6. The van der Waals surface area contributed by atoms with Crippen molar-refractivity contribution in [3.05, 3.63) is 119 Å². The number of aliphatic hydroxyl groups is 1. The average Bonchev–Trinajstić information content (AvgIpc) is 3.03. The van der Waals surface area contributed by atoms with Crippen LogP contribution in [0.25, 0.3) is 16.6 Å². The third-order valence-corrected chi connectivity index (χ3v) is 7.54. The van der Waals surface area contributed by atoms with E-state index < -0.39 is 11.5 Å². The number of benzene rings is 2. The summed E-state index contributed by atoms with van der Waals surface area (Å²) in [7, 11) is 0. The lowest BCUT2D eigenvalue weighted by Crippen LogP contribution is -2.38. The van der Waals surface area contributed by atoms with Gasteiger partial charge in [0.1, 0.15) is 11.3 Å². The second kappa shape index (κ2) is 12.3. The second-order valence-electron chi connectivity index (χ2n) is 10.5. The lowest BCUT2D eigenvalue weighted by molar-refractivity contribution is 0.0863. The first-order valence-corrected chi connectivity index (χ1v) is 14.1. The highest BCUT2D eigenvalue weighted by Crippen LogP contribution is 2.27. The summed E-state index contributed by atoms with van der Waals surface area (Å²) in [6.45, 7) is 0. The summed E-state index contributed by atoms with van der Waals surface area (Å²) < 4.78 is 1.44. The van der Waals surface area contributed by atoms with Gasteiger partial charge in [0.15, 0.2) is 0 Å². The quantitative estimate of drug-likeness (QED) is 0.219. The molecule has 2 aromatic carbocycles. The second-order valence-corrected chi connectivity index (χ2v) is 10.5. The summed E-state index contributed by atoms with van der Waals surface area (Å²) in [5, 5.41) is 19.6. The average molecular weight is 575 g/mol. The molecule has 1 aliphatic rings. The molecule has 1 fully saturated rings. The number of fused-ring (bicyclic) bond motifs is 1. The highest BCUT2D eigenvalue weighted by atomic mass is 16.3. The molecule has 10 heteroatoms. The van der Waals surface area contributed by atoms with Crippen LogP contribution in [0.15, 0.2) is 102 Å². The van der Waals surface area contributed by atoms with Crippen molar-refractivity contribution in [1.82, 2.24) is 19.9 Å². The number of carbonyl (C=O) groups excluding carboxylic acids is 2. The van der Waals surface area contributed by atoms with Crippen molar-refractivity contribution in [3.63, 3.8) is 0 Å². The maximum absolute atomic E-state index is 13.0. The van der Waals surface area contributed by atoms with Crippen molar-refractivity contribution in [2.24, 2.45) is 0 Å². The van der Waals surface area contributed by atoms with Crippen LogP contribution in [0.2, 0.25) is 0 Å². The molecule has 0 saturated heterocycles. The van der Waals surface area contributed by atoms with E-state index in [1.807, 2.05) is 24.3 Å². The minimum Gasteiger partial charge on any atom is -0.393 e. The molecule has 0 atom stereocenters. The van der Waals surface area contributed by atoms with Gasteiger partial charge in [0.2, 0.25) is 0 Å². The minimum absolute atomic E-state index is 0.0192. The number of hydrogen-bond acceptors (Lipinski definition) is 7. The van der Waals surface area contributed by atoms with Gasteiger partial charge in [0.25, 0.3) is 17.4 Å². The van der Waals surface area contributed by atoms with Gasteiger partial charge in [0.05, 0.1) is 17.8 Å². The van der Waals surface area contributed by atoms with E-state index in [2.05, 4.69) is 25.9 Å². The maximum atomic E-state index is 13.0. The van der Waals surface area contributed by atoms with Crippen LogP contribution in [0, 0.1) is 0 Å². The highest BCUT2D eigenvalue weighted by Gasteiger charge is 2.22. The molecular formula is C33H30N6O4. The fourth-order valence-corrected chi connectivity index (χ4v) is 5.21.